The number of benzene rings is 1. The van der Waals surface area contributed by atoms with Gasteiger partial charge in [-0.3, -0.25) is 0 Å². The number of hydrogen-bond acceptors (Lipinski definition) is 3. The van der Waals surface area contributed by atoms with E-state index in [1.54, 1.807) is 24.4 Å². The van der Waals surface area contributed by atoms with Crippen molar-refractivity contribution < 1.29 is 5.11 Å². The van der Waals surface area contributed by atoms with E-state index in [0.29, 0.717) is 0 Å². The smallest absolute Gasteiger partial charge is 0.222 e. The van der Waals surface area contributed by atoms with Gasteiger partial charge in [-0.15, -0.1) is 0 Å². The van der Waals surface area contributed by atoms with Crippen LogP contribution in [0.1, 0.15) is 5.56 Å². The van der Waals surface area contributed by atoms with Gasteiger partial charge in [-0.1, -0.05) is 12.1 Å². The summed E-state index contributed by atoms with van der Waals surface area (Å²) in [5.74, 6) is 0.210. The molecule has 3 nitrogen and oxygen atoms in total. The lowest BCUT2D eigenvalue weighted by Crippen LogP contribution is -1.91. The maximum Gasteiger partial charge on any atom is 0.222 e. The lowest BCUT2D eigenvalue weighted by Gasteiger charge is -2.04. The van der Waals surface area contributed by atoms with Crippen molar-refractivity contribution in [3.05, 3.63) is 41.3 Å². The molecule has 0 unspecified atom stereocenters. The Kier molecular flexibility index (Phi) is 2.56. The molecule has 0 spiro atoms. The Morgan fingerprint density at radius 2 is 2.13 bits per heavy atom. The second-order valence-corrected chi connectivity index (χ2v) is 3.56. The maximum atomic E-state index is 9.36. The Labute approximate surface area is 92.4 Å². The van der Waals surface area contributed by atoms with Crippen molar-refractivity contribution in [3.63, 3.8) is 0 Å². The minimum absolute atomic E-state index is 0.207. The molecule has 2 aromatic rings. The summed E-state index contributed by atoms with van der Waals surface area (Å²) in [5, 5.41) is 9.57. The van der Waals surface area contributed by atoms with Crippen LogP contribution >= 0.6 is 11.6 Å². The topological polar surface area (TPSA) is 46.0 Å². The second kappa shape index (κ2) is 3.87. The summed E-state index contributed by atoms with van der Waals surface area (Å²) in [4.78, 5) is 8.01. The van der Waals surface area contributed by atoms with Gasteiger partial charge >= 0.3 is 0 Å². The zero-order chi connectivity index (χ0) is 10.8. The number of nitrogens with zero attached hydrogens (tertiary/aromatic N) is 2. The molecule has 0 aliphatic carbocycles. The van der Waals surface area contributed by atoms with Crippen LogP contribution in [0.2, 0.25) is 5.28 Å². The van der Waals surface area contributed by atoms with Crippen molar-refractivity contribution in [3.8, 4) is 17.0 Å². The highest BCUT2D eigenvalue weighted by Crippen LogP contribution is 2.24. The molecule has 15 heavy (non-hydrogen) atoms. The molecule has 0 bridgehead atoms. The highest BCUT2D eigenvalue weighted by molar-refractivity contribution is 6.28. The maximum absolute atomic E-state index is 9.36. The number of phenols is 1. The minimum Gasteiger partial charge on any atom is -0.508 e. The summed E-state index contributed by atoms with van der Waals surface area (Å²) in [6, 6.07) is 6.89. The molecule has 0 aliphatic rings. The highest BCUT2D eigenvalue weighted by Gasteiger charge is 2.05. The number of phenolic OH excluding ortho intramolecular Hbond substituents is 1. The van der Waals surface area contributed by atoms with Gasteiger partial charge in [-0.05, 0) is 36.2 Å². The Hall–Kier alpha value is -1.61. The van der Waals surface area contributed by atoms with Gasteiger partial charge in [-0.2, -0.15) is 0 Å². The summed E-state index contributed by atoms with van der Waals surface area (Å²) in [6.45, 7) is 1.90. The first-order chi connectivity index (χ1) is 7.16. The summed E-state index contributed by atoms with van der Waals surface area (Å²) < 4.78 is 0. The molecule has 1 heterocycles. The molecule has 0 saturated heterocycles. The molecule has 1 aromatic carbocycles. The van der Waals surface area contributed by atoms with Crippen LogP contribution in [-0.2, 0) is 0 Å². The number of aromatic nitrogens is 2. The van der Waals surface area contributed by atoms with E-state index < -0.39 is 0 Å². The van der Waals surface area contributed by atoms with Crippen molar-refractivity contribution in [2.75, 3.05) is 0 Å². The van der Waals surface area contributed by atoms with Crippen LogP contribution in [0.4, 0.5) is 0 Å². The first-order valence-electron chi connectivity index (χ1n) is 4.45. The predicted molar refractivity (Wildman–Crippen MR) is 58.9 cm³/mol. The first kappa shape index (κ1) is 9.93. The molecule has 0 atom stereocenters. The summed E-state index contributed by atoms with van der Waals surface area (Å²) in [6.07, 6.45) is 1.66. The second-order valence-electron chi connectivity index (χ2n) is 3.22. The fourth-order valence-corrected chi connectivity index (χ4v) is 1.50. The predicted octanol–water partition coefficient (Wildman–Crippen LogP) is 2.81. The monoisotopic (exact) mass is 220 g/mol. The van der Waals surface area contributed by atoms with Crippen LogP contribution in [0.5, 0.6) is 5.75 Å². The van der Waals surface area contributed by atoms with Gasteiger partial charge in [0.1, 0.15) is 5.75 Å². The van der Waals surface area contributed by atoms with E-state index in [2.05, 4.69) is 9.97 Å². The fraction of sp³-hybridized carbons (Fsp3) is 0.0909. The number of hydrogen-bond donors (Lipinski definition) is 1. The van der Waals surface area contributed by atoms with Crippen LogP contribution < -0.4 is 0 Å². The van der Waals surface area contributed by atoms with Crippen molar-refractivity contribution in [1.82, 2.24) is 9.97 Å². The van der Waals surface area contributed by atoms with E-state index in [1.807, 2.05) is 13.0 Å². The molecular weight excluding hydrogens is 212 g/mol. The molecule has 0 amide bonds. The van der Waals surface area contributed by atoms with Gasteiger partial charge in [0.2, 0.25) is 5.28 Å². The first-order valence-corrected chi connectivity index (χ1v) is 4.83. The normalized spacial score (nSPS) is 10.3. The Balaban J connectivity index is 2.58. The van der Waals surface area contributed by atoms with Gasteiger partial charge in [0.15, 0.2) is 0 Å². The number of rotatable bonds is 1. The molecule has 1 N–H and O–H groups in total. The molecule has 1 aromatic heterocycles. The van der Waals surface area contributed by atoms with E-state index in [9.17, 15) is 5.11 Å². The molecule has 4 heteroatoms. The van der Waals surface area contributed by atoms with Gasteiger partial charge in [0, 0.05) is 11.8 Å². The molecular formula is C11H9ClN2O. The highest BCUT2D eigenvalue weighted by atomic mass is 35.5. The summed E-state index contributed by atoms with van der Waals surface area (Å²) in [5.41, 5.74) is 2.49. The molecule has 0 aliphatic heterocycles. The standard InChI is InChI=1S/C11H9ClN2O/c1-7-6-13-11(12)14-10(7)8-3-2-4-9(15)5-8/h2-6,15H,1H3. The van der Waals surface area contributed by atoms with Crippen LogP contribution in [0, 0.1) is 6.92 Å². The van der Waals surface area contributed by atoms with E-state index in [0.717, 1.165) is 16.8 Å². The van der Waals surface area contributed by atoms with E-state index >= 15 is 0 Å². The average Bonchev–Trinajstić information content (AvgIpc) is 2.22. The quantitative estimate of drug-likeness (QED) is 0.752. The third-order valence-electron chi connectivity index (χ3n) is 2.06. The number of aryl methyl sites for hydroxylation is 1. The van der Waals surface area contributed by atoms with E-state index in [-0.39, 0.29) is 11.0 Å². The molecule has 76 valence electrons. The molecule has 0 fully saturated rings. The Morgan fingerprint density at radius 1 is 1.33 bits per heavy atom. The van der Waals surface area contributed by atoms with Gasteiger partial charge in [-0.25, -0.2) is 9.97 Å². The van der Waals surface area contributed by atoms with Crippen molar-refractivity contribution in [2.45, 2.75) is 6.92 Å². The molecule has 0 saturated carbocycles. The van der Waals surface area contributed by atoms with Crippen LogP contribution in [0.15, 0.2) is 30.5 Å². The number of halogens is 1. The SMILES string of the molecule is Cc1cnc(Cl)nc1-c1cccc(O)c1. The summed E-state index contributed by atoms with van der Waals surface area (Å²) in [7, 11) is 0. The largest absolute Gasteiger partial charge is 0.508 e. The fourth-order valence-electron chi connectivity index (χ4n) is 1.37. The van der Waals surface area contributed by atoms with Crippen LogP contribution in [-0.4, -0.2) is 15.1 Å². The lowest BCUT2D eigenvalue weighted by molar-refractivity contribution is 0.475. The minimum atomic E-state index is 0.207. The van der Waals surface area contributed by atoms with Crippen molar-refractivity contribution >= 4 is 11.6 Å². The number of aromatic hydroxyl groups is 1. The molecule has 2 rings (SSSR count). The van der Waals surface area contributed by atoms with Crippen LogP contribution in [0.25, 0.3) is 11.3 Å². The Bertz CT molecular complexity index is 500. The van der Waals surface area contributed by atoms with Gasteiger partial charge < -0.3 is 5.11 Å². The van der Waals surface area contributed by atoms with Crippen molar-refractivity contribution in [1.29, 1.82) is 0 Å². The lowest BCUT2D eigenvalue weighted by atomic mass is 10.1. The van der Waals surface area contributed by atoms with Gasteiger partial charge in [0.25, 0.3) is 0 Å². The zero-order valence-corrected chi connectivity index (χ0v) is 8.86. The molecule has 0 radical (unpaired) electrons. The summed E-state index contributed by atoms with van der Waals surface area (Å²) >= 11 is 5.72. The Morgan fingerprint density at radius 3 is 2.87 bits per heavy atom. The van der Waals surface area contributed by atoms with Crippen LogP contribution in [0.3, 0.4) is 0 Å². The third kappa shape index (κ3) is 2.07. The van der Waals surface area contributed by atoms with Gasteiger partial charge in [0.05, 0.1) is 5.69 Å². The van der Waals surface area contributed by atoms with E-state index in [1.165, 1.54) is 0 Å². The average molecular weight is 221 g/mol. The zero-order valence-electron chi connectivity index (χ0n) is 8.11. The third-order valence-corrected chi connectivity index (χ3v) is 2.24. The van der Waals surface area contributed by atoms with E-state index in [4.69, 9.17) is 11.6 Å². The van der Waals surface area contributed by atoms with Crippen molar-refractivity contribution in [2.24, 2.45) is 0 Å².